The molecular weight excluding hydrogens is 522 g/mol. The maximum Gasteiger partial charge on any atom is 0.320 e. The Bertz CT molecular complexity index is 1500. The lowest BCUT2D eigenvalue weighted by Gasteiger charge is -2.12. The third-order valence-electron chi connectivity index (χ3n) is 4.91. The molecule has 0 atom stereocenters. The van der Waals surface area contributed by atoms with Crippen molar-refractivity contribution in [2.24, 2.45) is 5.73 Å². The quantitative estimate of drug-likeness (QED) is 0.156. The number of hydrogen-bond acceptors (Lipinski definition) is 11. The summed E-state index contributed by atoms with van der Waals surface area (Å²) in [4.78, 5) is 62.4. The van der Waals surface area contributed by atoms with Gasteiger partial charge in [-0.3, -0.25) is 14.9 Å². The molecule has 1 aromatic carbocycles. The number of urea groups is 1. The SMILES string of the molecule is COc1ccccc1ONC(=O)c1cc(OCCNC(=O)Nc2ccccn2)nc(-c2nccc(C(N)=O)n2)n1. The number of anilines is 1. The number of pyridine rings is 1. The molecule has 0 unspecified atom stereocenters. The van der Waals surface area contributed by atoms with Crippen LogP contribution in [0.3, 0.4) is 0 Å². The Kier molecular flexibility index (Phi) is 8.90. The number of para-hydroxylation sites is 2. The number of rotatable bonds is 11. The molecule has 204 valence electrons. The first-order valence-electron chi connectivity index (χ1n) is 11.6. The molecule has 15 heteroatoms. The second-order valence-electron chi connectivity index (χ2n) is 7.67. The molecular formula is C25H23N9O6. The predicted octanol–water partition coefficient (Wildman–Crippen LogP) is 1.36. The Labute approximate surface area is 227 Å². The Morgan fingerprint density at radius 1 is 0.875 bits per heavy atom. The average molecular weight is 546 g/mol. The number of benzene rings is 1. The minimum atomic E-state index is -0.783. The van der Waals surface area contributed by atoms with Gasteiger partial charge in [0.2, 0.25) is 11.7 Å². The van der Waals surface area contributed by atoms with Crippen molar-refractivity contribution >= 4 is 23.7 Å². The number of carbonyl (C=O) groups excluding carboxylic acids is 3. The Hall–Kier alpha value is -5.86. The first-order chi connectivity index (χ1) is 19.4. The summed E-state index contributed by atoms with van der Waals surface area (Å²) in [7, 11) is 1.46. The van der Waals surface area contributed by atoms with Crippen LogP contribution in [-0.2, 0) is 0 Å². The topological polar surface area (TPSA) is 205 Å². The molecule has 40 heavy (non-hydrogen) atoms. The zero-order valence-corrected chi connectivity index (χ0v) is 21.0. The third-order valence-corrected chi connectivity index (χ3v) is 4.91. The number of hydroxylamine groups is 1. The zero-order chi connectivity index (χ0) is 28.3. The molecule has 0 aliphatic rings. The molecule has 4 amide bonds. The number of hydrogen-bond donors (Lipinski definition) is 4. The molecule has 0 bridgehead atoms. The maximum atomic E-state index is 12.9. The monoisotopic (exact) mass is 545 g/mol. The number of nitrogens with one attached hydrogen (secondary N) is 3. The highest BCUT2D eigenvalue weighted by Gasteiger charge is 2.18. The molecule has 3 aromatic heterocycles. The van der Waals surface area contributed by atoms with Gasteiger partial charge in [0.1, 0.15) is 23.8 Å². The van der Waals surface area contributed by atoms with Crippen molar-refractivity contribution in [3.63, 3.8) is 0 Å². The van der Waals surface area contributed by atoms with Gasteiger partial charge in [-0.2, -0.15) is 10.5 Å². The van der Waals surface area contributed by atoms with E-state index in [-0.39, 0.29) is 47.8 Å². The fourth-order valence-electron chi connectivity index (χ4n) is 3.09. The van der Waals surface area contributed by atoms with Crippen LogP contribution in [0, 0.1) is 0 Å². The van der Waals surface area contributed by atoms with E-state index in [2.05, 4.69) is 41.0 Å². The van der Waals surface area contributed by atoms with Crippen molar-refractivity contribution in [3.05, 3.63) is 78.4 Å². The molecule has 0 spiro atoms. The van der Waals surface area contributed by atoms with Crippen molar-refractivity contribution in [2.75, 3.05) is 25.6 Å². The predicted molar refractivity (Wildman–Crippen MR) is 139 cm³/mol. The van der Waals surface area contributed by atoms with Gasteiger partial charge in [-0.1, -0.05) is 18.2 Å². The Balaban J connectivity index is 1.48. The molecule has 0 aliphatic carbocycles. The largest absolute Gasteiger partial charge is 0.493 e. The van der Waals surface area contributed by atoms with E-state index >= 15 is 0 Å². The molecule has 4 aromatic rings. The van der Waals surface area contributed by atoms with E-state index in [0.29, 0.717) is 11.6 Å². The second kappa shape index (κ2) is 13.1. The number of carbonyl (C=O) groups is 3. The Morgan fingerprint density at radius 2 is 1.65 bits per heavy atom. The number of primary amides is 1. The van der Waals surface area contributed by atoms with E-state index in [9.17, 15) is 14.4 Å². The lowest BCUT2D eigenvalue weighted by molar-refractivity contribution is 0.0748. The average Bonchev–Trinajstić information content (AvgIpc) is 2.98. The molecule has 0 saturated carbocycles. The highest BCUT2D eigenvalue weighted by Crippen LogP contribution is 2.25. The molecule has 0 radical (unpaired) electrons. The first-order valence-corrected chi connectivity index (χ1v) is 11.6. The number of nitrogens with zero attached hydrogens (tertiary/aromatic N) is 5. The lowest BCUT2D eigenvalue weighted by atomic mass is 10.3. The summed E-state index contributed by atoms with van der Waals surface area (Å²) >= 11 is 0. The van der Waals surface area contributed by atoms with E-state index in [1.54, 1.807) is 48.7 Å². The number of nitrogens with two attached hydrogens (primary N) is 1. The van der Waals surface area contributed by atoms with Crippen LogP contribution < -0.4 is 36.2 Å². The Morgan fingerprint density at radius 3 is 2.40 bits per heavy atom. The van der Waals surface area contributed by atoms with Crippen LogP contribution in [-0.4, -0.2) is 63.0 Å². The normalized spacial score (nSPS) is 10.2. The second-order valence-corrected chi connectivity index (χ2v) is 7.67. The van der Waals surface area contributed by atoms with E-state index in [4.69, 9.17) is 20.0 Å². The van der Waals surface area contributed by atoms with Gasteiger partial charge in [-0.05, 0) is 30.3 Å². The van der Waals surface area contributed by atoms with Crippen molar-refractivity contribution in [2.45, 2.75) is 0 Å². The van der Waals surface area contributed by atoms with Gasteiger partial charge >= 0.3 is 11.9 Å². The summed E-state index contributed by atoms with van der Waals surface area (Å²) in [6, 6.07) is 13.9. The summed E-state index contributed by atoms with van der Waals surface area (Å²) in [6.07, 6.45) is 2.84. The van der Waals surface area contributed by atoms with E-state index in [1.165, 1.54) is 25.4 Å². The zero-order valence-electron chi connectivity index (χ0n) is 21.0. The molecule has 0 saturated heterocycles. The molecule has 0 fully saturated rings. The molecule has 15 nitrogen and oxygen atoms in total. The summed E-state index contributed by atoms with van der Waals surface area (Å²) in [5, 5.41) is 5.18. The van der Waals surface area contributed by atoms with Gasteiger partial charge in [0.05, 0.1) is 13.7 Å². The van der Waals surface area contributed by atoms with Gasteiger partial charge in [-0.15, -0.1) is 0 Å². The third kappa shape index (κ3) is 7.34. The minimum absolute atomic E-state index is 0.0208. The van der Waals surface area contributed by atoms with Gasteiger partial charge in [0.15, 0.2) is 17.3 Å². The van der Waals surface area contributed by atoms with Crippen molar-refractivity contribution in [1.29, 1.82) is 0 Å². The van der Waals surface area contributed by atoms with Gasteiger partial charge in [0.25, 0.3) is 5.91 Å². The van der Waals surface area contributed by atoms with Crippen LogP contribution in [0.4, 0.5) is 10.6 Å². The summed E-state index contributed by atoms with van der Waals surface area (Å²) in [6.45, 7) is 0.0666. The van der Waals surface area contributed by atoms with Crippen LogP contribution in [0.15, 0.2) is 67.0 Å². The standard InChI is InChI=1S/C25H23N9O6/c1-38-17-6-2-3-7-18(17)40-34-24(36)16-14-20(33-23(31-16)22-28-11-9-15(30-22)21(26)35)39-13-12-29-25(37)32-19-8-4-5-10-27-19/h2-11,14H,12-13H2,1H3,(H2,26,35)(H,34,36)(H2,27,29,32,37). The number of amides is 4. The van der Waals surface area contributed by atoms with Gasteiger partial charge < -0.3 is 25.4 Å². The van der Waals surface area contributed by atoms with Crippen molar-refractivity contribution < 1.29 is 28.7 Å². The van der Waals surface area contributed by atoms with E-state index < -0.39 is 17.8 Å². The lowest BCUT2D eigenvalue weighted by Crippen LogP contribution is -2.32. The van der Waals surface area contributed by atoms with Gasteiger partial charge in [0, 0.05) is 18.5 Å². The highest BCUT2D eigenvalue weighted by molar-refractivity contribution is 5.92. The maximum absolute atomic E-state index is 12.9. The number of ether oxygens (including phenoxy) is 2. The van der Waals surface area contributed by atoms with Crippen LogP contribution in [0.1, 0.15) is 21.0 Å². The molecule has 0 aliphatic heterocycles. The number of methoxy groups -OCH3 is 1. The van der Waals surface area contributed by atoms with Crippen LogP contribution in [0.2, 0.25) is 0 Å². The van der Waals surface area contributed by atoms with Crippen LogP contribution >= 0.6 is 0 Å². The highest BCUT2D eigenvalue weighted by atomic mass is 16.7. The molecule has 3 heterocycles. The molecule has 4 rings (SSSR count). The van der Waals surface area contributed by atoms with Crippen molar-refractivity contribution in [3.8, 4) is 29.0 Å². The van der Waals surface area contributed by atoms with E-state index in [1.807, 2.05) is 0 Å². The first kappa shape index (κ1) is 27.2. The fraction of sp³-hybridized carbons (Fsp3) is 0.120. The summed E-state index contributed by atoms with van der Waals surface area (Å²) in [5.74, 6) is -0.730. The van der Waals surface area contributed by atoms with Crippen LogP contribution in [0.5, 0.6) is 17.4 Å². The smallest absolute Gasteiger partial charge is 0.320 e. The van der Waals surface area contributed by atoms with E-state index in [0.717, 1.165) is 0 Å². The van der Waals surface area contributed by atoms with Gasteiger partial charge in [-0.25, -0.2) is 24.7 Å². The molecule has 5 N–H and O–H groups in total. The fourth-order valence-corrected chi connectivity index (χ4v) is 3.09. The van der Waals surface area contributed by atoms with Crippen LogP contribution in [0.25, 0.3) is 11.6 Å². The minimum Gasteiger partial charge on any atom is -0.493 e. The van der Waals surface area contributed by atoms with Crippen molar-refractivity contribution in [1.82, 2.24) is 35.7 Å². The number of aromatic nitrogens is 5. The summed E-state index contributed by atoms with van der Waals surface area (Å²) < 4.78 is 10.8. The summed E-state index contributed by atoms with van der Waals surface area (Å²) in [5.41, 5.74) is 7.35.